The van der Waals surface area contributed by atoms with Gasteiger partial charge in [0.05, 0.1) is 6.61 Å². The first-order chi connectivity index (χ1) is 7.74. The number of nitrogens with two attached hydrogens (primary N) is 1. The molecular weight excluding hydrogens is 220 g/mol. The molecule has 1 rings (SSSR count). The zero-order valence-corrected chi connectivity index (χ0v) is 10.4. The second kappa shape index (κ2) is 7.17. The highest BCUT2D eigenvalue weighted by Crippen LogP contribution is 2.08. The van der Waals surface area contributed by atoms with E-state index in [2.05, 4.69) is 11.9 Å². The third-order valence-electron chi connectivity index (χ3n) is 2.27. The van der Waals surface area contributed by atoms with Crippen molar-refractivity contribution in [1.29, 1.82) is 0 Å². The monoisotopic (exact) mass is 238 g/mol. The SMILES string of the molecule is CCCCCCOc1ccc(C(N)=S)cn1. The largest absolute Gasteiger partial charge is 0.478 e. The minimum atomic E-state index is 0.363. The lowest BCUT2D eigenvalue weighted by atomic mass is 10.2. The van der Waals surface area contributed by atoms with Gasteiger partial charge in [0.1, 0.15) is 4.99 Å². The number of thiocarbonyl (C=S) groups is 1. The van der Waals surface area contributed by atoms with Crippen molar-refractivity contribution in [3.63, 3.8) is 0 Å². The number of hydrogen-bond donors (Lipinski definition) is 1. The van der Waals surface area contributed by atoms with Crippen LogP contribution in [-0.4, -0.2) is 16.6 Å². The van der Waals surface area contributed by atoms with Crippen LogP contribution in [0.15, 0.2) is 18.3 Å². The number of pyridine rings is 1. The number of unbranched alkanes of at least 4 members (excludes halogenated alkanes) is 3. The molecule has 4 heteroatoms. The molecule has 0 aliphatic heterocycles. The molecule has 88 valence electrons. The van der Waals surface area contributed by atoms with Gasteiger partial charge in [0, 0.05) is 17.8 Å². The first kappa shape index (κ1) is 12.9. The standard InChI is InChI=1S/C12H18N2OS/c1-2-3-4-5-8-15-11-7-6-10(9-14-11)12(13)16/h6-7,9H,2-5,8H2,1H3,(H2,13,16). The van der Waals surface area contributed by atoms with Gasteiger partial charge in [-0.25, -0.2) is 4.98 Å². The predicted molar refractivity (Wildman–Crippen MR) is 69.8 cm³/mol. The third kappa shape index (κ3) is 4.57. The second-order valence-corrected chi connectivity index (χ2v) is 4.10. The fourth-order valence-corrected chi connectivity index (χ4v) is 1.44. The fourth-order valence-electron chi connectivity index (χ4n) is 1.32. The summed E-state index contributed by atoms with van der Waals surface area (Å²) < 4.78 is 5.49. The Balaban J connectivity index is 2.29. The quantitative estimate of drug-likeness (QED) is 0.586. The molecule has 0 saturated heterocycles. The molecule has 0 aromatic carbocycles. The first-order valence-corrected chi connectivity index (χ1v) is 6.03. The number of hydrogen-bond acceptors (Lipinski definition) is 3. The summed E-state index contributed by atoms with van der Waals surface area (Å²) in [7, 11) is 0. The number of nitrogens with zero attached hydrogens (tertiary/aromatic N) is 1. The molecule has 2 N–H and O–H groups in total. The van der Waals surface area contributed by atoms with Crippen molar-refractivity contribution in [3.8, 4) is 5.88 Å². The van der Waals surface area contributed by atoms with Gasteiger partial charge in [-0.1, -0.05) is 38.4 Å². The highest BCUT2D eigenvalue weighted by atomic mass is 32.1. The van der Waals surface area contributed by atoms with Crippen molar-refractivity contribution in [3.05, 3.63) is 23.9 Å². The molecule has 0 unspecified atom stereocenters. The molecule has 16 heavy (non-hydrogen) atoms. The molecule has 0 aliphatic carbocycles. The Morgan fingerprint density at radius 2 is 2.19 bits per heavy atom. The highest BCUT2D eigenvalue weighted by molar-refractivity contribution is 7.80. The van der Waals surface area contributed by atoms with E-state index in [-0.39, 0.29) is 0 Å². The Morgan fingerprint density at radius 3 is 2.75 bits per heavy atom. The van der Waals surface area contributed by atoms with Gasteiger partial charge in [-0.3, -0.25) is 0 Å². The summed E-state index contributed by atoms with van der Waals surface area (Å²) in [5, 5.41) is 0. The molecule has 1 heterocycles. The molecule has 3 nitrogen and oxygen atoms in total. The average Bonchev–Trinajstić information content (AvgIpc) is 2.29. The van der Waals surface area contributed by atoms with Crippen LogP contribution in [0.3, 0.4) is 0 Å². The van der Waals surface area contributed by atoms with Gasteiger partial charge in [0.2, 0.25) is 5.88 Å². The number of ether oxygens (including phenoxy) is 1. The van der Waals surface area contributed by atoms with E-state index in [1.165, 1.54) is 19.3 Å². The zero-order valence-electron chi connectivity index (χ0n) is 9.61. The van der Waals surface area contributed by atoms with Crippen LogP contribution >= 0.6 is 12.2 Å². The fraction of sp³-hybridized carbons (Fsp3) is 0.500. The molecular formula is C12H18N2OS. The predicted octanol–water partition coefficient (Wildman–Crippen LogP) is 2.67. The van der Waals surface area contributed by atoms with E-state index < -0.39 is 0 Å². The number of rotatable bonds is 7. The summed E-state index contributed by atoms with van der Waals surface area (Å²) in [5.41, 5.74) is 6.24. The van der Waals surface area contributed by atoms with E-state index in [9.17, 15) is 0 Å². The summed E-state index contributed by atoms with van der Waals surface area (Å²) in [6, 6.07) is 3.63. The smallest absolute Gasteiger partial charge is 0.213 e. The van der Waals surface area contributed by atoms with E-state index in [0.717, 1.165) is 18.6 Å². The van der Waals surface area contributed by atoms with Crippen molar-refractivity contribution in [2.24, 2.45) is 5.73 Å². The van der Waals surface area contributed by atoms with Crippen molar-refractivity contribution in [2.45, 2.75) is 32.6 Å². The van der Waals surface area contributed by atoms with Crippen LogP contribution in [0.2, 0.25) is 0 Å². The Kier molecular flexibility index (Phi) is 5.78. The summed E-state index contributed by atoms with van der Waals surface area (Å²) in [6.07, 6.45) is 6.43. The van der Waals surface area contributed by atoms with Gasteiger partial charge in [0.15, 0.2) is 0 Å². The summed E-state index contributed by atoms with van der Waals surface area (Å²) >= 11 is 4.84. The van der Waals surface area contributed by atoms with Gasteiger partial charge in [0.25, 0.3) is 0 Å². The Morgan fingerprint density at radius 1 is 1.38 bits per heavy atom. The maximum atomic E-state index is 5.49. The van der Waals surface area contributed by atoms with Crippen LogP contribution in [0, 0.1) is 0 Å². The minimum Gasteiger partial charge on any atom is -0.478 e. The normalized spacial score (nSPS) is 10.1. The molecule has 0 atom stereocenters. The lowest BCUT2D eigenvalue weighted by Gasteiger charge is -2.05. The molecule has 0 radical (unpaired) electrons. The topological polar surface area (TPSA) is 48.1 Å². The molecule has 0 fully saturated rings. The van der Waals surface area contributed by atoms with Crippen molar-refractivity contribution >= 4 is 17.2 Å². The van der Waals surface area contributed by atoms with E-state index in [4.69, 9.17) is 22.7 Å². The lowest BCUT2D eigenvalue weighted by molar-refractivity contribution is 0.294. The van der Waals surface area contributed by atoms with E-state index in [0.29, 0.717) is 10.9 Å². The maximum absolute atomic E-state index is 5.49. The summed E-state index contributed by atoms with van der Waals surface area (Å²) in [4.78, 5) is 4.49. The molecule has 1 aromatic heterocycles. The number of aromatic nitrogens is 1. The van der Waals surface area contributed by atoms with Gasteiger partial charge in [-0.15, -0.1) is 0 Å². The van der Waals surface area contributed by atoms with Crippen LogP contribution < -0.4 is 10.5 Å². The summed E-state index contributed by atoms with van der Waals surface area (Å²) in [6.45, 7) is 2.91. The van der Waals surface area contributed by atoms with Gasteiger partial charge in [-0.2, -0.15) is 0 Å². The van der Waals surface area contributed by atoms with Crippen molar-refractivity contribution < 1.29 is 4.74 Å². The third-order valence-corrected chi connectivity index (χ3v) is 2.50. The first-order valence-electron chi connectivity index (χ1n) is 5.62. The van der Waals surface area contributed by atoms with Crippen LogP contribution in [0.1, 0.15) is 38.2 Å². The van der Waals surface area contributed by atoms with Gasteiger partial charge >= 0.3 is 0 Å². The second-order valence-electron chi connectivity index (χ2n) is 3.66. The molecule has 1 aromatic rings. The highest BCUT2D eigenvalue weighted by Gasteiger charge is 1.98. The van der Waals surface area contributed by atoms with Crippen molar-refractivity contribution in [2.75, 3.05) is 6.61 Å². The van der Waals surface area contributed by atoms with E-state index in [1.807, 2.05) is 6.07 Å². The maximum Gasteiger partial charge on any atom is 0.213 e. The Hall–Kier alpha value is -1.16. The lowest BCUT2D eigenvalue weighted by Crippen LogP contribution is -2.09. The minimum absolute atomic E-state index is 0.363. The van der Waals surface area contributed by atoms with E-state index in [1.54, 1.807) is 12.3 Å². The van der Waals surface area contributed by atoms with E-state index >= 15 is 0 Å². The molecule has 0 saturated carbocycles. The zero-order chi connectivity index (χ0) is 11.8. The van der Waals surface area contributed by atoms with Crippen LogP contribution in [-0.2, 0) is 0 Å². The Bertz CT molecular complexity index is 324. The summed E-state index contributed by atoms with van der Waals surface area (Å²) in [5.74, 6) is 0.636. The van der Waals surface area contributed by atoms with Gasteiger partial charge in [-0.05, 0) is 12.5 Å². The molecule has 0 spiro atoms. The Labute approximate surface area is 102 Å². The average molecular weight is 238 g/mol. The van der Waals surface area contributed by atoms with Crippen molar-refractivity contribution in [1.82, 2.24) is 4.98 Å². The van der Waals surface area contributed by atoms with Crippen LogP contribution in [0.5, 0.6) is 5.88 Å². The molecule has 0 aliphatic rings. The van der Waals surface area contributed by atoms with Crippen LogP contribution in [0.4, 0.5) is 0 Å². The van der Waals surface area contributed by atoms with Gasteiger partial charge < -0.3 is 10.5 Å². The van der Waals surface area contributed by atoms with Crippen LogP contribution in [0.25, 0.3) is 0 Å². The molecule has 0 bridgehead atoms. The molecule has 0 amide bonds.